The molecule has 0 aromatic heterocycles. The number of hydrogen-bond donors (Lipinski definition) is 1. The Kier molecular flexibility index (Phi) is 7.95. The molecule has 1 aromatic rings. The lowest BCUT2D eigenvalue weighted by Gasteiger charge is -2.13. The molecule has 2 rings (SSSR count). The molecule has 25 heavy (non-hydrogen) atoms. The number of hydrogen-bond acceptors (Lipinski definition) is 6. The molecule has 9 heteroatoms. The summed E-state index contributed by atoms with van der Waals surface area (Å²) in [7, 11) is -0.711. The zero-order valence-electron chi connectivity index (χ0n) is 14.4. The maximum atomic E-state index is 12.5. The van der Waals surface area contributed by atoms with Gasteiger partial charge in [-0.2, -0.15) is 0 Å². The van der Waals surface area contributed by atoms with E-state index in [0.29, 0.717) is 35.6 Å². The normalized spacial score (nSPS) is 17.6. The first-order chi connectivity index (χ1) is 12.0. The first kappa shape index (κ1) is 20.4. The van der Waals surface area contributed by atoms with E-state index < -0.39 is 10.0 Å². The number of benzene rings is 1. The lowest BCUT2D eigenvalue weighted by atomic mass is 10.2. The molecule has 1 atom stereocenters. The van der Waals surface area contributed by atoms with Crippen LogP contribution in [-0.2, 0) is 19.5 Å². The summed E-state index contributed by atoms with van der Waals surface area (Å²) in [6.07, 6.45) is 2.87. The summed E-state index contributed by atoms with van der Waals surface area (Å²) < 4.78 is 49.2. The highest BCUT2D eigenvalue weighted by Gasteiger charge is 2.21. The lowest BCUT2D eigenvalue weighted by Crippen LogP contribution is -2.26. The van der Waals surface area contributed by atoms with Gasteiger partial charge in [-0.1, -0.05) is 0 Å². The van der Waals surface area contributed by atoms with Gasteiger partial charge in [-0.25, -0.2) is 13.1 Å². The molecule has 1 aliphatic rings. The average molecular weight is 438 g/mol. The molecule has 1 unspecified atom stereocenters. The monoisotopic (exact) mass is 437 g/mol. The molecular weight excluding hydrogens is 414 g/mol. The third kappa shape index (κ3) is 5.82. The van der Waals surface area contributed by atoms with Crippen molar-refractivity contribution in [3.05, 3.63) is 16.6 Å². The van der Waals surface area contributed by atoms with Gasteiger partial charge in [0.15, 0.2) is 11.5 Å². The van der Waals surface area contributed by atoms with Crippen LogP contribution in [0.4, 0.5) is 0 Å². The van der Waals surface area contributed by atoms with Crippen LogP contribution in [0.1, 0.15) is 19.3 Å². The minimum absolute atomic E-state index is 0.102. The van der Waals surface area contributed by atoms with Gasteiger partial charge in [-0.15, -0.1) is 0 Å². The van der Waals surface area contributed by atoms with Gasteiger partial charge in [0.1, 0.15) is 4.90 Å². The number of halogens is 1. The fraction of sp³-hybridized carbons (Fsp3) is 0.625. The van der Waals surface area contributed by atoms with Crippen LogP contribution in [-0.4, -0.2) is 55.1 Å². The second kappa shape index (κ2) is 9.72. The zero-order valence-corrected chi connectivity index (χ0v) is 16.8. The third-order valence-electron chi connectivity index (χ3n) is 3.81. The van der Waals surface area contributed by atoms with Crippen LogP contribution in [0.5, 0.6) is 11.5 Å². The SMILES string of the molecule is COc1cc(Br)c(S(=O)(=O)NCCCOCC2CCCO2)cc1OC. The standard InChI is InChI=1S/C16H24BrNO6S/c1-21-14-9-13(17)16(10-15(14)22-2)25(19,20)18-6-4-7-23-11-12-5-3-8-24-12/h9-10,12,18H,3-8,11H2,1-2H3. The molecule has 1 fully saturated rings. The zero-order chi connectivity index (χ0) is 18.3. The van der Waals surface area contributed by atoms with E-state index in [0.717, 1.165) is 19.4 Å². The number of rotatable bonds is 10. The fourth-order valence-corrected chi connectivity index (χ4v) is 4.60. The van der Waals surface area contributed by atoms with Crippen molar-refractivity contribution in [1.82, 2.24) is 4.72 Å². The predicted molar refractivity (Wildman–Crippen MR) is 96.8 cm³/mol. The van der Waals surface area contributed by atoms with Gasteiger partial charge in [0.05, 0.1) is 26.9 Å². The van der Waals surface area contributed by atoms with Gasteiger partial charge in [0.25, 0.3) is 0 Å². The summed E-state index contributed by atoms with van der Waals surface area (Å²) in [4.78, 5) is 0.102. The summed E-state index contributed by atoms with van der Waals surface area (Å²) >= 11 is 3.27. The molecule has 1 aliphatic heterocycles. The quantitative estimate of drug-likeness (QED) is 0.565. The molecular formula is C16H24BrNO6S. The first-order valence-corrected chi connectivity index (χ1v) is 10.4. The summed E-state index contributed by atoms with van der Waals surface area (Å²) in [6.45, 7) is 2.13. The highest BCUT2D eigenvalue weighted by atomic mass is 79.9. The Morgan fingerprint density at radius 3 is 2.64 bits per heavy atom. The summed E-state index contributed by atoms with van der Waals surface area (Å²) in [5.41, 5.74) is 0. The van der Waals surface area contributed by atoms with E-state index in [9.17, 15) is 8.42 Å². The Hall–Kier alpha value is -0.870. The van der Waals surface area contributed by atoms with Gasteiger partial charge in [-0.05, 0) is 41.3 Å². The summed E-state index contributed by atoms with van der Waals surface area (Å²) in [6, 6.07) is 3.00. The molecule has 142 valence electrons. The van der Waals surface area contributed by atoms with Crippen molar-refractivity contribution in [3.63, 3.8) is 0 Å². The van der Waals surface area contributed by atoms with Crippen LogP contribution in [0.2, 0.25) is 0 Å². The molecule has 0 saturated carbocycles. The van der Waals surface area contributed by atoms with Gasteiger partial charge >= 0.3 is 0 Å². The van der Waals surface area contributed by atoms with E-state index in [1.54, 1.807) is 6.07 Å². The van der Waals surface area contributed by atoms with Crippen molar-refractivity contribution in [2.75, 3.05) is 40.6 Å². The Balaban J connectivity index is 1.84. The third-order valence-corrected chi connectivity index (χ3v) is 6.23. The topological polar surface area (TPSA) is 83.1 Å². The van der Waals surface area contributed by atoms with Crippen LogP contribution >= 0.6 is 15.9 Å². The smallest absolute Gasteiger partial charge is 0.241 e. The molecule has 0 spiro atoms. The minimum atomic E-state index is -3.66. The summed E-state index contributed by atoms with van der Waals surface area (Å²) in [5.74, 6) is 0.807. The number of ether oxygens (including phenoxy) is 4. The largest absolute Gasteiger partial charge is 0.493 e. The van der Waals surface area contributed by atoms with Gasteiger partial charge in [0.2, 0.25) is 10.0 Å². The van der Waals surface area contributed by atoms with Crippen LogP contribution in [0, 0.1) is 0 Å². The Bertz CT molecular complexity index is 661. The van der Waals surface area contributed by atoms with E-state index in [4.69, 9.17) is 18.9 Å². The van der Waals surface area contributed by atoms with E-state index in [-0.39, 0.29) is 17.5 Å². The average Bonchev–Trinajstić information content (AvgIpc) is 3.10. The van der Waals surface area contributed by atoms with Crippen LogP contribution in [0.3, 0.4) is 0 Å². The number of methoxy groups -OCH3 is 2. The molecule has 1 heterocycles. The maximum Gasteiger partial charge on any atom is 0.241 e. The van der Waals surface area contributed by atoms with Crippen LogP contribution in [0.25, 0.3) is 0 Å². The molecule has 1 N–H and O–H groups in total. The fourth-order valence-electron chi connectivity index (χ4n) is 2.49. The van der Waals surface area contributed by atoms with Crippen molar-refractivity contribution in [2.45, 2.75) is 30.3 Å². The highest BCUT2D eigenvalue weighted by Crippen LogP contribution is 2.35. The summed E-state index contributed by atoms with van der Waals surface area (Å²) in [5, 5.41) is 0. The first-order valence-electron chi connectivity index (χ1n) is 8.08. The Morgan fingerprint density at radius 2 is 2.00 bits per heavy atom. The van der Waals surface area contributed by atoms with Crippen LogP contribution < -0.4 is 14.2 Å². The van der Waals surface area contributed by atoms with Gasteiger partial charge in [-0.3, -0.25) is 0 Å². The van der Waals surface area contributed by atoms with E-state index in [2.05, 4.69) is 20.7 Å². The molecule has 7 nitrogen and oxygen atoms in total. The van der Waals surface area contributed by atoms with E-state index in [1.807, 2.05) is 0 Å². The van der Waals surface area contributed by atoms with E-state index in [1.165, 1.54) is 20.3 Å². The Labute approximate surface area is 157 Å². The second-order valence-electron chi connectivity index (χ2n) is 5.60. The second-order valence-corrected chi connectivity index (χ2v) is 8.19. The van der Waals surface area contributed by atoms with Crippen molar-refractivity contribution >= 4 is 26.0 Å². The van der Waals surface area contributed by atoms with Gasteiger partial charge < -0.3 is 18.9 Å². The minimum Gasteiger partial charge on any atom is -0.493 e. The molecule has 0 aliphatic carbocycles. The predicted octanol–water partition coefficient (Wildman–Crippen LogP) is 2.33. The van der Waals surface area contributed by atoms with Gasteiger partial charge in [0, 0.05) is 30.3 Å². The van der Waals surface area contributed by atoms with Crippen LogP contribution in [0.15, 0.2) is 21.5 Å². The molecule has 1 aromatic carbocycles. The maximum absolute atomic E-state index is 12.5. The Morgan fingerprint density at radius 1 is 1.28 bits per heavy atom. The molecule has 1 saturated heterocycles. The van der Waals surface area contributed by atoms with Crippen molar-refractivity contribution < 1.29 is 27.4 Å². The van der Waals surface area contributed by atoms with E-state index >= 15 is 0 Å². The molecule has 0 amide bonds. The number of nitrogens with one attached hydrogen (secondary N) is 1. The lowest BCUT2D eigenvalue weighted by molar-refractivity contribution is 0.0169. The van der Waals surface area contributed by atoms with Crippen molar-refractivity contribution in [2.24, 2.45) is 0 Å². The molecule has 0 radical (unpaired) electrons. The van der Waals surface area contributed by atoms with Crippen molar-refractivity contribution in [3.8, 4) is 11.5 Å². The van der Waals surface area contributed by atoms with Crippen molar-refractivity contribution in [1.29, 1.82) is 0 Å². The number of sulfonamides is 1. The highest BCUT2D eigenvalue weighted by molar-refractivity contribution is 9.10. The molecule has 0 bridgehead atoms.